The Labute approximate surface area is 322 Å². The number of fused-ring (bicyclic) bond motifs is 4. The summed E-state index contributed by atoms with van der Waals surface area (Å²) >= 11 is 0. The first-order valence-corrected chi connectivity index (χ1v) is 18.8. The molecule has 55 heavy (non-hydrogen) atoms. The lowest BCUT2D eigenvalue weighted by atomic mass is 9.85. The van der Waals surface area contributed by atoms with Crippen LogP contribution in [0.5, 0.6) is 11.5 Å². The number of para-hydroxylation sites is 3. The van der Waals surface area contributed by atoms with Gasteiger partial charge in [0, 0.05) is 29.2 Å². The van der Waals surface area contributed by atoms with Gasteiger partial charge >= 0.3 is 0 Å². The van der Waals surface area contributed by atoms with Crippen molar-refractivity contribution in [3.8, 4) is 39.9 Å². The van der Waals surface area contributed by atoms with Gasteiger partial charge in [0.15, 0.2) is 0 Å². The highest BCUT2D eigenvalue weighted by Gasteiger charge is 2.25. The third-order valence-corrected chi connectivity index (χ3v) is 10.4. The van der Waals surface area contributed by atoms with Gasteiger partial charge in [0.1, 0.15) is 17.3 Å². The highest BCUT2D eigenvalue weighted by molar-refractivity contribution is 6.09. The van der Waals surface area contributed by atoms with E-state index in [9.17, 15) is 0 Å². The minimum absolute atomic E-state index is 0.00543. The number of aromatic nitrogens is 5. The molecule has 9 rings (SSSR count). The second-order valence-electron chi connectivity index (χ2n) is 16.2. The average molecular weight is 718 g/mol. The van der Waals surface area contributed by atoms with Gasteiger partial charge in [-0.1, -0.05) is 120 Å². The van der Waals surface area contributed by atoms with Crippen LogP contribution in [0.15, 0.2) is 152 Å². The molecule has 4 heterocycles. The van der Waals surface area contributed by atoms with Crippen LogP contribution in [-0.2, 0) is 10.8 Å². The Morgan fingerprint density at radius 3 is 2.09 bits per heavy atom. The van der Waals surface area contributed by atoms with E-state index >= 15 is 0 Å². The van der Waals surface area contributed by atoms with E-state index in [0.717, 1.165) is 67.4 Å². The first kappa shape index (κ1) is 34.3. The van der Waals surface area contributed by atoms with E-state index in [4.69, 9.17) is 14.7 Å². The number of nitrogens with zero attached hydrogens (tertiary/aromatic N) is 5. The number of benzene rings is 5. The Morgan fingerprint density at radius 2 is 1.29 bits per heavy atom. The molecule has 0 unspecified atom stereocenters. The fourth-order valence-electron chi connectivity index (χ4n) is 7.60. The van der Waals surface area contributed by atoms with Gasteiger partial charge < -0.3 is 4.74 Å². The van der Waals surface area contributed by atoms with Gasteiger partial charge in [0.25, 0.3) is 6.33 Å². The SMILES string of the molecule is CC(C)(C)c1ccnc(-n2c3ccccc3c3ccc(Oc4cccc(-n5[c-][n+](-c6c(C(C)(C)C)ccnc6-c6ccccc6)c6ccccc65)c4)cc32)c1. The Kier molecular flexibility index (Phi) is 8.16. The highest BCUT2D eigenvalue weighted by Crippen LogP contribution is 2.37. The molecule has 0 aliphatic carbocycles. The van der Waals surface area contributed by atoms with Crippen molar-refractivity contribution in [3.63, 3.8) is 0 Å². The van der Waals surface area contributed by atoms with Crippen LogP contribution in [0.25, 0.3) is 61.3 Å². The van der Waals surface area contributed by atoms with Crippen molar-refractivity contribution in [2.75, 3.05) is 0 Å². The van der Waals surface area contributed by atoms with E-state index in [0.29, 0.717) is 0 Å². The summed E-state index contributed by atoms with van der Waals surface area (Å²) in [6.07, 6.45) is 7.57. The Morgan fingerprint density at radius 1 is 0.582 bits per heavy atom. The van der Waals surface area contributed by atoms with E-state index in [1.807, 2.05) is 30.6 Å². The molecule has 9 aromatic rings. The first-order valence-electron chi connectivity index (χ1n) is 18.8. The van der Waals surface area contributed by atoms with Crippen LogP contribution in [0, 0.1) is 6.33 Å². The van der Waals surface area contributed by atoms with Gasteiger partial charge in [0.2, 0.25) is 0 Å². The number of ether oxygens (including phenoxy) is 1. The molecule has 0 spiro atoms. The van der Waals surface area contributed by atoms with Crippen LogP contribution in [-0.4, -0.2) is 19.1 Å². The van der Waals surface area contributed by atoms with Crippen LogP contribution in [0.2, 0.25) is 0 Å². The predicted molar refractivity (Wildman–Crippen MR) is 223 cm³/mol. The molecule has 0 amide bonds. The minimum Gasteiger partial charge on any atom is -0.458 e. The van der Waals surface area contributed by atoms with Gasteiger partial charge in [-0.2, -0.15) is 0 Å². The maximum Gasteiger partial charge on any atom is 0.269 e. The lowest BCUT2D eigenvalue weighted by molar-refractivity contribution is -0.572. The maximum absolute atomic E-state index is 6.68. The Hall–Kier alpha value is -6.53. The van der Waals surface area contributed by atoms with Crippen LogP contribution >= 0.6 is 0 Å². The highest BCUT2D eigenvalue weighted by atomic mass is 16.5. The van der Waals surface area contributed by atoms with E-state index in [-0.39, 0.29) is 10.8 Å². The molecule has 6 heteroatoms. The molecule has 0 saturated carbocycles. The molecule has 270 valence electrons. The maximum atomic E-state index is 6.68. The lowest BCUT2D eigenvalue weighted by Crippen LogP contribution is -2.35. The van der Waals surface area contributed by atoms with Gasteiger partial charge in [-0.3, -0.25) is 18.7 Å². The molecule has 0 fully saturated rings. The van der Waals surface area contributed by atoms with Crippen molar-refractivity contribution >= 4 is 32.8 Å². The molecule has 0 aliphatic rings. The van der Waals surface area contributed by atoms with Crippen molar-refractivity contribution in [2.24, 2.45) is 0 Å². The average Bonchev–Trinajstić information content (AvgIpc) is 3.73. The van der Waals surface area contributed by atoms with Gasteiger partial charge in [-0.25, -0.2) is 4.98 Å². The van der Waals surface area contributed by atoms with Gasteiger partial charge in [0.05, 0.1) is 39.1 Å². The van der Waals surface area contributed by atoms with Crippen LogP contribution in [0.1, 0.15) is 52.7 Å². The first-order chi connectivity index (χ1) is 26.5. The van der Waals surface area contributed by atoms with Crippen molar-refractivity contribution < 1.29 is 9.30 Å². The fraction of sp³-hybridized carbons (Fsp3) is 0.163. The normalized spacial score (nSPS) is 12.2. The van der Waals surface area contributed by atoms with Crippen molar-refractivity contribution in [3.05, 3.63) is 169 Å². The topological polar surface area (TPSA) is 48.8 Å². The summed E-state index contributed by atoms with van der Waals surface area (Å²) in [6.45, 7) is 13.4. The zero-order valence-electron chi connectivity index (χ0n) is 32.1. The quantitative estimate of drug-likeness (QED) is 0.127. The van der Waals surface area contributed by atoms with E-state index in [2.05, 4.69) is 183 Å². The largest absolute Gasteiger partial charge is 0.458 e. The van der Waals surface area contributed by atoms with Gasteiger partial charge in [-0.15, -0.1) is 0 Å². The Bertz CT molecular complexity index is 2870. The molecule has 0 bridgehead atoms. The summed E-state index contributed by atoms with van der Waals surface area (Å²) in [5, 5.41) is 2.33. The molecular formula is C49H43N5O. The van der Waals surface area contributed by atoms with Crippen molar-refractivity contribution in [1.29, 1.82) is 0 Å². The predicted octanol–water partition coefficient (Wildman–Crippen LogP) is 11.6. The van der Waals surface area contributed by atoms with Gasteiger partial charge in [-0.05, 0) is 82.1 Å². The van der Waals surface area contributed by atoms with Crippen LogP contribution in [0.3, 0.4) is 0 Å². The standard InChI is InChI=1S/C49H43N5O/c1-48(2,3)34-25-27-50-45(29-34)54-41-20-11-10-19-38(41)39-24-23-37(31-44(39)54)55-36-18-14-17-35(30-36)52-32-53(43-22-13-12-21-42(43)52)47-40(49(4,5)6)26-28-51-46(47)33-15-8-7-9-16-33/h7-31H,1-6H3. The summed E-state index contributed by atoms with van der Waals surface area (Å²) in [7, 11) is 0. The number of hydrogen-bond acceptors (Lipinski definition) is 3. The molecule has 6 nitrogen and oxygen atoms in total. The fourth-order valence-corrected chi connectivity index (χ4v) is 7.60. The second kappa shape index (κ2) is 13.1. The van der Waals surface area contributed by atoms with Crippen molar-refractivity contribution in [2.45, 2.75) is 52.4 Å². The zero-order chi connectivity index (χ0) is 37.9. The third kappa shape index (κ3) is 6.14. The summed E-state index contributed by atoms with van der Waals surface area (Å²) in [6, 6.07) is 48.3. The molecule has 0 atom stereocenters. The molecule has 0 saturated heterocycles. The van der Waals surface area contributed by atoms with Crippen LogP contribution < -0.4 is 9.30 Å². The number of rotatable bonds is 6. The van der Waals surface area contributed by atoms with E-state index in [1.54, 1.807) is 0 Å². The molecule has 5 aromatic carbocycles. The number of hydrogen-bond donors (Lipinski definition) is 0. The summed E-state index contributed by atoms with van der Waals surface area (Å²) < 4.78 is 13.2. The molecule has 0 N–H and O–H groups in total. The molecule has 0 radical (unpaired) electrons. The van der Waals surface area contributed by atoms with Crippen LogP contribution in [0.4, 0.5) is 0 Å². The zero-order valence-corrected chi connectivity index (χ0v) is 32.1. The molecule has 4 aromatic heterocycles. The summed E-state index contributed by atoms with van der Waals surface area (Å²) in [5.74, 6) is 2.36. The lowest BCUT2D eigenvalue weighted by Gasteiger charge is -2.25. The number of imidazole rings is 1. The summed E-state index contributed by atoms with van der Waals surface area (Å²) in [5.41, 5.74) is 10.4. The smallest absolute Gasteiger partial charge is 0.269 e. The number of pyridine rings is 2. The minimum atomic E-state index is -0.141. The second-order valence-corrected chi connectivity index (χ2v) is 16.2. The third-order valence-electron chi connectivity index (χ3n) is 10.4. The monoisotopic (exact) mass is 717 g/mol. The summed E-state index contributed by atoms with van der Waals surface area (Å²) in [4.78, 5) is 9.80. The molecular weight excluding hydrogens is 675 g/mol. The van der Waals surface area contributed by atoms with E-state index < -0.39 is 0 Å². The van der Waals surface area contributed by atoms with Crippen molar-refractivity contribution in [1.82, 2.24) is 19.1 Å². The van der Waals surface area contributed by atoms with E-state index in [1.165, 1.54) is 16.5 Å². The molecule has 0 aliphatic heterocycles. The Balaban J connectivity index is 1.15.